The summed E-state index contributed by atoms with van der Waals surface area (Å²) in [6.07, 6.45) is 2.05. The average molecular weight is 358 g/mol. The third-order valence-electron chi connectivity index (χ3n) is 4.51. The number of rotatable bonds is 3. The highest BCUT2D eigenvalue weighted by Gasteiger charge is 2.35. The zero-order chi connectivity index (χ0) is 18.9. The predicted molar refractivity (Wildman–Crippen MR) is 100 cm³/mol. The SMILES string of the molecule is CCN(C(=O)C1CCN(C(=O)OC(C)(C)C)C1)c1ccc2[nH]ncc2c1. The van der Waals surface area contributed by atoms with Gasteiger partial charge in [0.2, 0.25) is 5.91 Å². The first-order valence-electron chi connectivity index (χ1n) is 9.01. The molecule has 0 aliphatic carbocycles. The molecule has 7 nitrogen and oxygen atoms in total. The van der Waals surface area contributed by atoms with Crippen LogP contribution < -0.4 is 4.90 Å². The summed E-state index contributed by atoms with van der Waals surface area (Å²) in [7, 11) is 0. The van der Waals surface area contributed by atoms with Crippen molar-refractivity contribution < 1.29 is 14.3 Å². The second kappa shape index (κ2) is 6.97. The number of hydrogen-bond donors (Lipinski definition) is 1. The van der Waals surface area contributed by atoms with E-state index in [1.165, 1.54) is 0 Å². The number of hydrogen-bond acceptors (Lipinski definition) is 4. The normalized spacial score (nSPS) is 17.5. The van der Waals surface area contributed by atoms with Gasteiger partial charge in [-0.15, -0.1) is 0 Å². The summed E-state index contributed by atoms with van der Waals surface area (Å²) < 4.78 is 5.41. The van der Waals surface area contributed by atoms with E-state index in [0.29, 0.717) is 26.1 Å². The van der Waals surface area contributed by atoms with Gasteiger partial charge in [0.05, 0.1) is 17.6 Å². The van der Waals surface area contributed by atoms with Gasteiger partial charge >= 0.3 is 6.09 Å². The Morgan fingerprint density at radius 3 is 2.85 bits per heavy atom. The highest BCUT2D eigenvalue weighted by Crippen LogP contribution is 2.26. The van der Waals surface area contributed by atoms with Gasteiger partial charge < -0.3 is 14.5 Å². The van der Waals surface area contributed by atoms with Crippen LogP contribution in [0.25, 0.3) is 10.9 Å². The second-order valence-electron chi connectivity index (χ2n) is 7.64. The van der Waals surface area contributed by atoms with E-state index in [1.54, 1.807) is 16.0 Å². The van der Waals surface area contributed by atoms with Crippen molar-refractivity contribution in [1.29, 1.82) is 0 Å². The zero-order valence-electron chi connectivity index (χ0n) is 15.8. The number of fused-ring (bicyclic) bond motifs is 1. The molecule has 26 heavy (non-hydrogen) atoms. The minimum Gasteiger partial charge on any atom is -0.444 e. The highest BCUT2D eigenvalue weighted by molar-refractivity contribution is 5.97. The molecule has 1 N–H and O–H groups in total. The molecule has 1 atom stereocenters. The van der Waals surface area contributed by atoms with Crippen LogP contribution >= 0.6 is 0 Å². The fraction of sp³-hybridized carbons (Fsp3) is 0.526. The number of carbonyl (C=O) groups excluding carboxylic acids is 2. The summed E-state index contributed by atoms with van der Waals surface area (Å²) in [6.45, 7) is 9.00. The molecule has 2 heterocycles. The molecule has 2 amide bonds. The first-order chi connectivity index (χ1) is 12.3. The first kappa shape index (κ1) is 18.2. The van der Waals surface area contributed by atoms with Crippen molar-refractivity contribution in [3.8, 4) is 0 Å². The largest absolute Gasteiger partial charge is 0.444 e. The Kier molecular flexibility index (Phi) is 4.89. The third-order valence-corrected chi connectivity index (χ3v) is 4.51. The van der Waals surface area contributed by atoms with Gasteiger partial charge in [-0.2, -0.15) is 5.10 Å². The molecule has 2 aromatic rings. The van der Waals surface area contributed by atoms with Crippen LogP contribution in [0.5, 0.6) is 0 Å². The summed E-state index contributed by atoms with van der Waals surface area (Å²) in [5.74, 6) is -0.163. The van der Waals surface area contributed by atoms with Crippen molar-refractivity contribution in [3.05, 3.63) is 24.4 Å². The van der Waals surface area contributed by atoms with E-state index < -0.39 is 5.60 Å². The Morgan fingerprint density at radius 1 is 1.38 bits per heavy atom. The lowest BCUT2D eigenvalue weighted by atomic mass is 10.1. The molecule has 0 bridgehead atoms. The van der Waals surface area contributed by atoms with E-state index in [9.17, 15) is 9.59 Å². The summed E-state index contributed by atoms with van der Waals surface area (Å²) in [4.78, 5) is 28.7. The summed E-state index contributed by atoms with van der Waals surface area (Å²) in [6, 6.07) is 5.80. The number of ether oxygens (including phenoxy) is 1. The molecule has 1 aliphatic rings. The molecule has 0 saturated carbocycles. The Labute approximate surface area is 153 Å². The van der Waals surface area contributed by atoms with E-state index in [4.69, 9.17) is 4.74 Å². The molecule has 1 fully saturated rings. The van der Waals surface area contributed by atoms with Gasteiger partial charge in [0.15, 0.2) is 0 Å². The number of carbonyl (C=O) groups is 2. The van der Waals surface area contributed by atoms with Crippen molar-refractivity contribution in [2.75, 3.05) is 24.5 Å². The topological polar surface area (TPSA) is 78.5 Å². The number of nitrogens with zero attached hydrogens (tertiary/aromatic N) is 3. The van der Waals surface area contributed by atoms with Gasteiger partial charge in [0, 0.05) is 30.7 Å². The van der Waals surface area contributed by atoms with Crippen LogP contribution in [0.3, 0.4) is 0 Å². The average Bonchev–Trinajstić information content (AvgIpc) is 3.23. The molecule has 1 saturated heterocycles. The van der Waals surface area contributed by atoms with E-state index in [-0.39, 0.29) is 17.9 Å². The summed E-state index contributed by atoms with van der Waals surface area (Å²) in [5, 5.41) is 7.90. The zero-order valence-corrected chi connectivity index (χ0v) is 15.8. The number of H-pyrrole nitrogens is 1. The fourth-order valence-corrected chi connectivity index (χ4v) is 3.24. The lowest BCUT2D eigenvalue weighted by Gasteiger charge is -2.26. The molecule has 0 spiro atoms. The second-order valence-corrected chi connectivity index (χ2v) is 7.64. The summed E-state index contributed by atoms with van der Waals surface area (Å²) in [5.41, 5.74) is 1.26. The lowest BCUT2D eigenvalue weighted by molar-refractivity contribution is -0.121. The maximum Gasteiger partial charge on any atom is 0.410 e. The number of aromatic nitrogens is 2. The van der Waals surface area contributed by atoms with Crippen LogP contribution in [-0.4, -0.2) is 52.3 Å². The van der Waals surface area contributed by atoms with Gasteiger partial charge in [-0.25, -0.2) is 4.79 Å². The molecule has 7 heteroatoms. The number of aromatic amines is 1. The molecular formula is C19H26N4O3. The van der Waals surface area contributed by atoms with Crippen molar-refractivity contribution in [1.82, 2.24) is 15.1 Å². The van der Waals surface area contributed by atoms with Gasteiger partial charge in [0.1, 0.15) is 5.60 Å². The highest BCUT2D eigenvalue weighted by atomic mass is 16.6. The fourth-order valence-electron chi connectivity index (χ4n) is 3.24. The molecule has 0 radical (unpaired) electrons. The Hall–Kier alpha value is -2.57. The molecule has 1 aromatic carbocycles. The van der Waals surface area contributed by atoms with Crippen LogP contribution in [0.2, 0.25) is 0 Å². The number of benzene rings is 1. The first-order valence-corrected chi connectivity index (χ1v) is 9.01. The summed E-state index contributed by atoms with van der Waals surface area (Å²) >= 11 is 0. The van der Waals surface area contributed by atoms with Crippen LogP contribution in [0.1, 0.15) is 34.1 Å². The standard InChI is InChI=1S/C19H26N4O3/c1-5-23(15-6-7-16-14(10-15)11-20-21-16)17(24)13-8-9-22(12-13)18(25)26-19(2,3)4/h6-7,10-11,13H,5,8-9,12H2,1-4H3,(H,20,21). The van der Waals surface area contributed by atoms with Gasteiger partial charge in [-0.3, -0.25) is 9.89 Å². The number of amides is 2. The smallest absolute Gasteiger partial charge is 0.410 e. The maximum absolute atomic E-state index is 13.0. The van der Waals surface area contributed by atoms with Crippen LogP contribution in [-0.2, 0) is 9.53 Å². The Balaban J connectivity index is 1.70. The van der Waals surface area contributed by atoms with E-state index in [2.05, 4.69) is 10.2 Å². The van der Waals surface area contributed by atoms with Crippen molar-refractivity contribution in [2.24, 2.45) is 5.92 Å². The monoisotopic (exact) mass is 358 g/mol. The molecule has 1 aliphatic heterocycles. The predicted octanol–water partition coefficient (Wildman–Crippen LogP) is 3.17. The van der Waals surface area contributed by atoms with E-state index >= 15 is 0 Å². The molecule has 1 unspecified atom stereocenters. The van der Waals surface area contributed by atoms with Crippen LogP contribution in [0, 0.1) is 5.92 Å². The minimum atomic E-state index is -0.533. The molecular weight excluding hydrogens is 332 g/mol. The van der Waals surface area contributed by atoms with Crippen molar-refractivity contribution in [3.63, 3.8) is 0 Å². The van der Waals surface area contributed by atoms with E-state index in [0.717, 1.165) is 16.6 Å². The Bertz CT molecular complexity index is 808. The van der Waals surface area contributed by atoms with Crippen LogP contribution in [0.4, 0.5) is 10.5 Å². The van der Waals surface area contributed by atoms with Crippen molar-refractivity contribution >= 4 is 28.6 Å². The van der Waals surface area contributed by atoms with Crippen LogP contribution in [0.15, 0.2) is 24.4 Å². The number of nitrogens with one attached hydrogen (secondary N) is 1. The Morgan fingerprint density at radius 2 is 2.15 bits per heavy atom. The quantitative estimate of drug-likeness (QED) is 0.914. The van der Waals surface area contributed by atoms with Gasteiger partial charge in [-0.05, 0) is 52.3 Å². The maximum atomic E-state index is 13.0. The van der Waals surface area contributed by atoms with Gasteiger partial charge in [-0.1, -0.05) is 0 Å². The van der Waals surface area contributed by atoms with Crippen molar-refractivity contribution in [2.45, 2.75) is 39.7 Å². The number of likely N-dealkylation sites (tertiary alicyclic amines) is 1. The molecule has 1 aromatic heterocycles. The van der Waals surface area contributed by atoms with Gasteiger partial charge in [0.25, 0.3) is 0 Å². The molecule has 3 rings (SSSR count). The third kappa shape index (κ3) is 3.81. The number of anilines is 1. The lowest BCUT2D eigenvalue weighted by Crippen LogP contribution is -2.39. The van der Waals surface area contributed by atoms with E-state index in [1.807, 2.05) is 45.9 Å². The minimum absolute atomic E-state index is 0.0430. The molecule has 140 valence electrons.